The molecule has 0 bridgehead atoms. The Morgan fingerprint density at radius 3 is 3.00 bits per heavy atom. The van der Waals surface area contributed by atoms with Crippen LogP contribution >= 0.6 is 0 Å². The van der Waals surface area contributed by atoms with Crippen LogP contribution in [0.25, 0.3) is 11.0 Å². The Hall–Kier alpha value is -2.01. The van der Waals surface area contributed by atoms with Gasteiger partial charge in [0.2, 0.25) is 5.76 Å². The van der Waals surface area contributed by atoms with Crippen molar-refractivity contribution in [3.05, 3.63) is 30.0 Å². The standard InChI is InChI=1S/C14H14O5/c1-2-16-14(15)13-6-9-5-10(3-4-12(9)19-13)17-7-11-8-18-11/h3-6,11H,2,7-8H2,1H3. The first-order chi connectivity index (χ1) is 9.26. The fourth-order valence-corrected chi connectivity index (χ4v) is 1.77. The zero-order valence-electron chi connectivity index (χ0n) is 10.5. The van der Waals surface area contributed by atoms with Gasteiger partial charge in [0.15, 0.2) is 0 Å². The Morgan fingerprint density at radius 2 is 2.26 bits per heavy atom. The van der Waals surface area contributed by atoms with E-state index < -0.39 is 5.97 Å². The van der Waals surface area contributed by atoms with Crippen LogP contribution in [0.3, 0.4) is 0 Å². The first-order valence-electron chi connectivity index (χ1n) is 6.21. The summed E-state index contributed by atoms with van der Waals surface area (Å²) in [4.78, 5) is 11.6. The number of furan rings is 1. The summed E-state index contributed by atoms with van der Waals surface area (Å²) >= 11 is 0. The van der Waals surface area contributed by atoms with Gasteiger partial charge in [-0.25, -0.2) is 4.79 Å². The van der Waals surface area contributed by atoms with E-state index in [0.717, 1.165) is 17.7 Å². The third-order valence-electron chi connectivity index (χ3n) is 2.80. The Kier molecular flexibility index (Phi) is 3.13. The van der Waals surface area contributed by atoms with Crippen LogP contribution in [0.2, 0.25) is 0 Å². The normalized spacial score (nSPS) is 17.4. The van der Waals surface area contributed by atoms with Crippen LogP contribution in [-0.4, -0.2) is 31.9 Å². The number of hydrogen-bond donors (Lipinski definition) is 0. The number of ether oxygens (including phenoxy) is 3. The second-order valence-electron chi connectivity index (χ2n) is 4.30. The lowest BCUT2D eigenvalue weighted by atomic mass is 10.2. The molecular formula is C14H14O5. The van der Waals surface area contributed by atoms with Crippen LogP contribution in [0.5, 0.6) is 5.75 Å². The van der Waals surface area contributed by atoms with Crippen molar-refractivity contribution in [2.24, 2.45) is 0 Å². The zero-order chi connectivity index (χ0) is 13.2. The molecule has 0 spiro atoms. The lowest BCUT2D eigenvalue weighted by Crippen LogP contribution is -2.03. The second kappa shape index (κ2) is 4.93. The van der Waals surface area contributed by atoms with Gasteiger partial charge in [0.05, 0.1) is 13.2 Å². The summed E-state index contributed by atoms with van der Waals surface area (Å²) < 4.78 is 21.0. The Bertz CT molecular complexity index is 597. The molecule has 2 aromatic rings. The summed E-state index contributed by atoms with van der Waals surface area (Å²) in [6.07, 6.45) is 0.218. The minimum Gasteiger partial charge on any atom is -0.491 e. The molecule has 0 N–H and O–H groups in total. The highest BCUT2D eigenvalue weighted by Crippen LogP contribution is 2.25. The number of rotatable bonds is 5. The van der Waals surface area contributed by atoms with Crippen molar-refractivity contribution in [1.82, 2.24) is 0 Å². The van der Waals surface area contributed by atoms with Gasteiger partial charge in [-0.3, -0.25) is 0 Å². The van der Waals surface area contributed by atoms with Crippen molar-refractivity contribution in [3.63, 3.8) is 0 Å². The summed E-state index contributed by atoms with van der Waals surface area (Å²) in [6.45, 7) is 3.40. The fourth-order valence-electron chi connectivity index (χ4n) is 1.77. The molecule has 1 aliphatic rings. The van der Waals surface area contributed by atoms with Gasteiger partial charge < -0.3 is 18.6 Å². The maximum absolute atomic E-state index is 11.6. The minimum atomic E-state index is -0.451. The third-order valence-corrected chi connectivity index (χ3v) is 2.80. The highest BCUT2D eigenvalue weighted by molar-refractivity contribution is 5.92. The zero-order valence-corrected chi connectivity index (χ0v) is 10.5. The number of fused-ring (bicyclic) bond motifs is 1. The van der Waals surface area contributed by atoms with E-state index in [2.05, 4.69) is 0 Å². The van der Waals surface area contributed by atoms with Gasteiger partial charge >= 0.3 is 5.97 Å². The molecule has 1 fully saturated rings. The number of carbonyl (C=O) groups is 1. The molecule has 0 amide bonds. The molecular weight excluding hydrogens is 248 g/mol. The molecule has 1 atom stereocenters. The molecule has 5 nitrogen and oxygen atoms in total. The van der Waals surface area contributed by atoms with Crippen LogP contribution in [0.1, 0.15) is 17.5 Å². The van der Waals surface area contributed by atoms with Gasteiger partial charge in [-0.1, -0.05) is 0 Å². The molecule has 1 aromatic carbocycles. The minimum absolute atomic E-state index is 0.208. The van der Waals surface area contributed by atoms with Crippen molar-refractivity contribution >= 4 is 16.9 Å². The SMILES string of the molecule is CCOC(=O)c1cc2cc(OCC3CO3)ccc2o1. The van der Waals surface area contributed by atoms with E-state index in [9.17, 15) is 4.79 Å². The van der Waals surface area contributed by atoms with Crippen LogP contribution in [0.15, 0.2) is 28.7 Å². The van der Waals surface area contributed by atoms with E-state index in [0.29, 0.717) is 18.8 Å². The van der Waals surface area contributed by atoms with Crippen LogP contribution in [-0.2, 0) is 9.47 Å². The smallest absolute Gasteiger partial charge is 0.374 e. The Morgan fingerprint density at radius 1 is 1.42 bits per heavy atom. The predicted octanol–water partition coefficient (Wildman–Crippen LogP) is 2.39. The molecule has 1 aromatic heterocycles. The molecule has 0 saturated carbocycles. The first kappa shape index (κ1) is 12.0. The molecule has 3 rings (SSSR count). The monoisotopic (exact) mass is 262 g/mol. The fraction of sp³-hybridized carbons (Fsp3) is 0.357. The topological polar surface area (TPSA) is 61.2 Å². The van der Waals surface area contributed by atoms with Gasteiger partial charge in [0.25, 0.3) is 0 Å². The number of hydrogen-bond acceptors (Lipinski definition) is 5. The molecule has 5 heteroatoms. The predicted molar refractivity (Wildman–Crippen MR) is 67.4 cm³/mol. The number of epoxide rings is 1. The van der Waals surface area contributed by atoms with E-state index in [4.69, 9.17) is 18.6 Å². The average Bonchev–Trinajstić information content (AvgIpc) is 3.14. The molecule has 19 heavy (non-hydrogen) atoms. The number of esters is 1. The van der Waals surface area contributed by atoms with Crippen LogP contribution in [0, 0.1) is 0 Å². The molecule has 1 saturated heterocycles. The van der Waals surface area contributed by atoms with Crippen molar-refractivity contribution < 1.29 is 23.4 Å². The quantitative estimate of drug-likeness (QED) is 0.611. The third kappa shape index (κ3) is 2.71. The largest absolute Gasteiger partial charge is 0.491 e. The van der Waals surface area contributed by atoms with E-state index in [1.807, 2.05) is 12.1 Å². The highest BCUT2D eigenvalue weighted by Gasteiger charge is 2.23. The Labute approximate surface area is 110 Å². The van der Waals surface area contributed by atoms with Gasteiger partial charge in [-0.05, 0) is 31.2 Å². The van der Waals surface area contributed by atoms with E-state index >= 15 is 0 Å². The van der Waals surface area contributed by atoms with Gasteiger partial charge in [0, 0.05) is 5.39 Å². The van der Waals surface area contributed by atoms with Crippen molar-refractivity contribution in [1.29, 1.82) is 0 Å². The van der Waals surface area contributed by atoms with E-state index in [-0.39, 0.29) is 11.9 Å². The summed E-state index contributed by atoms with van der Waals surface area (Å²) in [5.41, 5.74) is 0.637. The maximum atomic E-state index is 11.6. The molecule has 1 aliphatic heterocycles. The molecule has 1 unspecified atom stereocenters. The van der Waals surface area contributed by atoms with Gasteiger partial charge in [-0.15, -0.1) is 0 Å². The summed E-state index contributed by atoms with van der Waals surface area (Å²) in [5.74, 6) is 0.492. The van der Waals surface area contributed by atoms with E-state index in [1.54, 1.807) is 19.1 Å². The lowest BCUT2D eigenvalue weighted by molar-refractivity contribution is 0.0492. The average molecular weight is 262 g/mol. The lowest BCUT2D eigenvalue weighted by Gasteiger charge is -2.02. The van der Waals surface area contributed by atoms with Crippen LogP contribution in [0.4, 0.5) is 0 Å². The highest BCUT2D eigenvalue weighted by atomic mass is 16.6. The van der Waals surface area contributed by atoms with Crippen molar-refractivity contribution in [2.75, 3.05) is 19.8 Å². The molecule has 0 radical (unpaired) electrons. The summed E-state index contributed by atoms with van der Waals surface area (Å²) in [5, 5.41) is 0.817. The first-order valence-corrected chi connectivity index (χ1v) is 6.21. The number of carbonyl (C=O) groups excluding carboxylic acids is 1. The summed E-state index contributed by atoms with van der Waals surface area (Å²) in [7, 11) is 0. The number of benzene rings is 1. The van der Waals surface area contributed by atoms with E-state index in [1.165, 1.54) is 0 Å². The Balaban J connectivity index is 1.79. The molecule has 100 valence electrons. The van der Waals surface area contributed by atoms with Crippen molar-refractivity contribution in [3.8, 4) is 5.75 Å². The van der Waals surface area contributed by atoms with Gasteiger partial charge in [-0.2, -0.15) is 0 Å². The van der Waals surface area contributed by atoms with Crippen LogP contribution < -0.4 is 4.74 Å². The molecule has 0 aliphatic carbocycles. The second-order valence-corrected chi connectivity index (χ2v) is 4.30. The summed E-state index contributed by atoms with van der Waals surface area (Å²) in [6, 6.07) is 7.09. The molecule has 2 heterocycles. The van der Waals surface area contributed by atoms with Crippen molar-refractivity contribution in [2.45, 2.75) is 13.0 Å². The van der Waals surface area contributed by atoms with Gasteiger partial charge in [0.1, 0.15) is 24.0 Å². The maximum Gasteiger partial charge on any atom is 0.374 e.